The highest BCUT2D eigenvalue weighted by molar-refractivity contribution is 9.10. The maximum absolute atomic E-state index is 6.41. The van der Waals surface area contributed by atoms with Crippen LogP contribution in [-0.4, -0.2) is 12.1 Å². The Hall–Kier alpha value is -1.29. The SMILES string of the molecule is COc1ccc(Br)c2c(N)c3c(nc12)CCCCC3. The third-order valence-corrected chi connectivity index (χ3v) is 4.50. The summed E-state index contributed by atoms with van der Waals surface area (Å²) in [6.07, 6.45) is 5.70. The molecule has 0 radical (unpaired) electrons. The summed E-state index contributed by atoms with van der Waals surface area (Å²) >= 11 is 3.58. The smallest absolute Gasteiger partial charge is 0.145 e. The van der Waals surface area contributed by atoms with Crippen LogP contribution in [0.15, 0.2) is 16.6 Å². The van der Waals surface area contributed by atoms with Crippen LogP contribution >= 0.6 is 15.9 Å². The second-order valence-electron chi connectivity index (χ2n) is 4.98. The molecule has 3 nitrogen and oxygen atoms in total. The van der Waals surface area contributed by atoms with Crippen molar-refractivity contribution < 1.29 is 4.74 Å². The molecule has 19 heavy (non-hydrogen) atoms. The molecule has 1 aliphatic carbocycles. The van der Waals surface area contributed by atoms with Gasteiger partial charge in [0.25, 0.3) is 0 Å². The molecule has 1 heterocycles. The molecule has 0 spiro atoms. The highest BCUT2D eigenvalue weighted by Gasteiger charge is 2.18. The topological polar surface area (TPSA) is 48.1 Å². The van der Waals surface area contributed by atoms with E-state index in [9.17, 15) is 0 Å². The van der Waals surface area contributed by atoms with Gasteiger partial charge in [-0.05, 0) is 43.4 Å². The number of aromatic nitrogens is 1. The lowest BCUT2D eigenvalue weighted by Gasteiger charge is -2.15. The number of nitrogens with zero attached hydrogens (tertiary/aromatic N) is 1. The minimum Gasteiger partial charge on any atom is -0.494 e. The van der Waals surface area contributed by atoms with E-state index in [0.717, 1.165) is 45.3 Å². The number of rotatable bonds is 1. The Bertz CT molecular complexity index is 640. The average molecular weight is 321 g/mol. The number of halogens is 1. The van der Waals surface area contributed by atoms with E-state index in [1.807, 2.05) is 12.1 Å². The summed E-state index contributed by atoms with van der Waals surface area (Å²) < 4.78 is 6.41. The standard InChI is InChI=1S/C15H17BrN2O/c1-19-12-8-7-10(16)13-14(17)9-5-3-2-4-6-11(9)18-15(12)13/h7-8H,2-6H2,1H3,(H2,17,18). The molecule has 2 N–H and O–H groups in total. The zero-order valence-corrected chi connectivity index (χ0v) is 12.6. The molecule has 3 rings (SSSR count). The predicted octanol–water partition coefficient (Wildman–Crippen LogP) is 3.86. The Labute approximate surface area is 121 Å². The van der Waals surface area contributed by atoms with Gasteiger partial charge in [-0.25, -0.2) is 4.98 Å². The molecule has 0 saturated heterocycles. The molecule has 0 bridgehead atoms. The summed E-state index contributed by atoms with van der Waals surface area (Å²) in [7, 11) is 1.67. The monoisotopic (exact) mass is 320 g/mol. The maximum atomic E-state index is 6.41. The molecule has 0 amide bonds. The van der Waals surface area contributed by atoms with Crippen LogP contribution in [0.2, 0.25) is 0 Å². The van der Waals surface area contributed by atoms with E-state index in [-0.39, 0.29) is 0 Å². The molecule has 0 fully saturated rings. The van der Waals surface area contributed by atoms with E-state index in [1.165, 1.54) is 24.8 Å². The third kappa shape index (κ3) is 2.08. The molecule has 0 aliphatic heterocycles. The van der Waals surface area contributed by atoms with Crippen LogP contribution in [0, 0.1) is 0 Å². The first-order valence-corrected chi connectivity index (χ1v) is 7.45. The summed E-state index contributed by atoms with van der Waals surface area (Å²) in [6, 6.07) is 3.91. The molecular weight excluding hydrogens is 304 g/mol. The summed E-state index contributed by atoms with van der Waals surface area (Å²) in [5, 5.41) is 0.986. The first kappa shape index (κ1) is 12.7. The predicted molar refractivity (Wildman–Crippen MR) is 81.7 cm³/mol. The summed E-state index contributed by atoms with van der Waals surface area (Å²) in [5.74, 6) is 0.789. The van der Waals surface area contributed by atoms with Gasteiger partial charge in [0.15, 0.2) is 0 Å². The lowest BCUT2D eigenvalue weighted by atomic mass is 10.0. The van der Waals surface area contributed by atoms with Crippen LogP contribution in [0.1, 0.15) is 30.5 Å². The number of benzene rings is 1. The number of pyridine rings is 1. The normalized spacial score (nSPS) is 15.1. The summed E-state index contributed by atoms with van der Waals surface area (Å²) in [5.41, 5.74) is 10.5. The Morgan fingerprint density at radius 2 is 2.00 bits per heavy atom. The molecule has 1 aliphatic rings. The van der Waals surface area contributed by atoms with Crippen molar-refractivity contribution in [3.05, 3.63) is 27.9 Å². The van der Waals surface area contributed by atoms with Gasteiger partial charge >= 0.3 is 0 Å². The Kier molecular flexibility index (Phi) is 3.35. The lowest BCUT2D eigenvalue weighted by molar-refractivity contribution is 0.418. The summed E-state index contributed by atoms with van der Waals surface area (Å²) in [6.45, 7) is 0. The van der Waals surface area contributed by atoms with E-state index >= 15 is 0 Å². The third-order valence-electron chi connectivity index (χ3n) is 3.84. The Morgan fingerprint density at radius 1 is 1.21 bits per heavy atom. The zero-order valence-electron chi connectivity index (χ0n) is 11.0. The second kappa shape index (κ2) is 5.00. The van der Waals surface area contributed by atoms with Crippen LogP contribution in [0.25, 0.3) is 10.9 Å². The van der Waals surface area contributed by atoms with Crippen LogP contribution in [0.3, 0.4) is 0 Å². The van der Waals surface area contributed by atoms with Crippen LogP contribution < -0.4 is 10.5 Å². The van der Waals surface area contributed by atoms with Crippen molar-refractivity contribution in [2.24, 2.45) is 0 Å². The molecule has 0 unspecified atom stereocenters. The fourth-order valence-corrected chi connectivity index (χ4v) is 3.38. The van der Waals surface area contributed by atoms with Gasteiger partial charge < -0.3 is 10.5 Å². The molecule has 100 valence electrons. The number of ether oxygens (including phenoxy) is 1. The van der Waals surface area contributed by atoms with Gasteiger partial charge in [-0.15, -0.1) is 0 Å². The maximum Gasteiger partial charge on any atom is 0.145 e. The van der Waals surface area contributed by atoms with Crippen molar-refractivity contribution in [3.8, 4) is 5.75 Å². The van der Waals surface area contributed by atoms with Gasteiger partial charge in [0, 0.05) is 21.2 Å². The minimum atomic E-state index is 0.789. The van der Waals surface area contributed by atoms with Crippen LogP contribution in [0.5, 0.6) is 5.75 Å². The summed E-state index contributed by atoms with van der Waals surface area (Å²) in [4.78, 5) is 4.83. The molecule has 2 aromatic rings. The fraction of sp³-hybridized carbons (Fsp3) is 0.400. The van der Waals surface area contributed by atoms with Crippen molar-refractivity contribution >= 4 is 32.5 Å². The van der Waals surface area contributed by atoms with Crippen LogP contribution in [0.4, 0.5) is 5.69 Å². The second-order valence-corrected chi connectivity index (χ2v) is 5.84. The largest absolute Gasteiger partial charge is 0.494 e. The molecule has 0 atom stereocenters. The number of nitrogens with two attached hydrogens (primary N) is 1. The molecule has 0 saturated carbocycles. The Balaban J connectivity index is 2.36. The first-order chi connectivity index (χ1) is 9.22. The van der Waals surface area contributed by atoms with Gasteiger partial charge in [-0.2, -0.15) is 0 Å². The Morgan fingerprint density at radius 3 is 2.79 bits per heavy atom. The van der Waals surface area contributed by atoms with Crippen molar-refractivity contribution in [2.45, 2.75) is 32.1 Å². The van der Waals surface area contributed by atoms with Gasteiger partial charge in [-0.3, -0.25) is 0 Å². The minimum absolute atomic E-state index is 0.789. The number of fused-ring (bicyclic) bond motifs is 2. The number of anilines is 1. The number of hydrogen-bond acceptors (Lipinski definition) is 3. The molecule has 1 aromatic carbocycles. The molecule has 4 heteroatoms. The van der Waals surface area contributed by atoms with Crippen molar-refractivity contribution in [1.82, 2.24) is 4.98 Å². The number of aryl methyl sites for hydroxylation is 1. The van der Waals surface area contributed by atoms with E-state index in [0.29, 0.717) is 0 Å². The number of methoxy groups -OCH3 is 1. The van der Waals surface area contributed by atoms with Gasteiger partial charge in [0.2, 0.25) is 0 Å². The van der Waals surface area contributed by atoms with Gasteiger partial charge in [0.1, 0.15) is 11.3 Å². The number of nitrogen functional groups attached to an aromatic ring is 1. The highest BCUT2D eigenvalue weighted by atomic mass is 79.9. The fourth-order valence-electron chi connectivity index (χ4n) is 2.84. The lowest BCUT2D eigenvalue weighted by Crippen LogP contribution is -2.04. The zero-order chi connectivity index (χ0) is 13.4. The van der Waals surface area contributed by atoms with Gasteiger partial charge in [0.05, 0.1) is 7.11 Å². The van der Waals surface area contributed by atoms with Crippen molar-refractivity contribution in [1.29, 1.82) is 0 Å². The average Bonchev–Trinajstić information content (AvgIpc) is 2.64. The van der Waals surface area contributed by atoms with Crippen LogP contribution in [-0.2, 0) is 12.8 Å². The molecule has 1 aromatic heterocycles. The first-order valence-electron chi connectivity index (χ1n) is 6.66. The van der Waals surface area contributed by atoms with E-state index < -0.39 is 0 Å². The quantitative estimate of drug-likeness (QED) is 0.812. The van der Waals surface area contributed by atoms with Crippen molar-refractivity contribution in [3.63, 3.8) is 0 Å². The van der Waals surface area contributed by atoms with Gasteiger partial charge in [-0.1, -0.05) is 22.4 Å². The van der Waals surface area contributed by atoms with E-state index in [2.05, 4.69) is 15.9 Å². The molecular formula is C15H17BrN2O. The van der Waals surface area contributed by atoms with Crippen molar-refractivity contribution in [2.75, 3.05) is 12.8 Å². The highest BCUT2D eigenvalue weighted by Crippen LogP contribution is 2.38. The van der Waals surface area contributed by atoms with E-state index in [4.69, 9.17) is 15.5 Å². The van der Waals surface area contributed by atoms with E-state index in [1.54, 1.807) is 7.11 Å². The number of hydrogen-bond donors (Lipinski definition) is 1.